The zero-order valence-corrected chi connectivity index (χ0v) is 20.8. The molecule has 3 aliphatic heterocycles. The number of carboxylic acid groups (broad SMARTS) is 2. The van der Waals surface area contributed by atoms with Crippen LogP contribution >= 0.6 is 0 Å². The van der Waals surface area contributed by atoms with E-state index in [-0.39, 0.29) is 0 Å². The molecule has 1 aliphatic carbocycles. The maximum Gasteiger partial charge on any atom is 0.490 e. The van der Waals surface area contributed by atoms with E-state index < -0.39 is 24.3 Å². The van der Waals surface area contributed by atoms with Crippen molar-refractivity contribution in [1.82, 2.24) is 14.9 Å². The Balaban J connectivity index is 0.000000222. The fraction of sp³-hybridized carbons (Fsp3) is 0.423. The molecule has 0 radical (unpaired) electrons. The predicted octanol–water partition coefficient (Wildman–Crippen LogP) is 5.25. The number of pyridine rings is 1. The first kappa shape index (κ1) is 29.2. The summed E-state index contributed by atoms with van der Waals surface area (Å²) in [5, 5.41) is 19.4. The van der Waals surface area contributed by atoms with Gasteiger partial charge in [0.1, 0.15) is 0 Å². The molecule has 3 aromatic rings. The van der Waals surface area contributed by atoms with Gasteiger partial charge in [-0.3, -0.25) is 4.98 Å². The number of aliphatic carboxylic acids is 2. The molecule has 40 heavy (non-hydrogen) atoms. The first-order valence-electron chi connectivity index (χ1n) is 12.3. The van der Waals surface area contributed by atoms with E-state index in [1.165, 1.54) is 60.2 Å². The highest BCUT2D eigenvalue weighted by atomic mass is 19.4. The number of hydrogen-bond acceptors (Lipinski definition) is 5. The number of rotatable bonds is 3. The van der Waals surface area contributed by atoms with Crippen molar-refractivity contribution in [3.05, 3.63) is 48.9 Å². The van der Waals surface area contributed by atoms with Crippen molar-refractivity contribution < 1.29 is 46.1 Å². The lowest BCUT2D eigenvalue weighted by atomic mass is 9.65. The van der Waals surface area contributed by atoms with Crippen molar-refractivity contribution in [3.63, 3.8) is 0 Å². The van der Waals surface area contributed by atoms with E-state index in [0.717, 1.165) is 17.8 Å². The number of anilines is 1. The highest BCUT2D eigenvalue weighted by Gasteiger charge is 2.47. The Morgan fingerprint density at radius 1 is 0.875 bits per heavy atom. The largest absolute Gasteiger partial charge is 0.490 e. The molecular weight excluding hydrogens is 546 g/mol. The third-order valence-electron chi connectivity index (χ3n) is 7.23. The topological polar surface area (TPSA) is 119 Å². The van der Waals surface area contributed by atoms with Crippen LogP contribution in [-0.2, 0) is 9.59 Å². The number of fused-ring (bicyclic) bond motifs is 1. The maximum atomic E-state index is 10.6. The van der Waals surface area contributed by atoms with Crippen molar-refractivity contribution in [2.75, 3.05) is 25.0 Å². The van der Waals surface area contributed by atoms with Crippen LogP contribution in [0.25, 0.3) is 22.0 Å². The van der Waals surface area contributed by atoms with Crippen LogP contribution in [0.15, 0.2) is 48.9 Å². The summed E-state index contributed by atoms with van der Waals surface area (Å²) in [6, 6.07) is 11.6. The smallest absolute Gasteiger partial charge is 0.475 e. The minimum atomic E-state index is -5.08. The second-order valence-corrected chi connectivity index (χ2v) is 10.1. The fourth-order valence-electron chi connectivity index (χ4n) is 5.74. The quantitative estimate of drug-likeness (QED) is 0.317. The maximum absolute atomic E-state index is 10.6. The Labute approximate surface area is 224 Å². The van der Waals surface area contributed by atoms with Gasteiger partial charge in [-0.1, -0.05) is 12.1 Å². The number of nitrogens with one attached hydrogen (secondary N) is 2. The highest BCUT2D eigenvalue weighted by Crippen LogP contribution is 2.44. The third-order valence-corrected chi connectivity index (χ3v) is 7.23. The van der Waals surface area contributed by atoms with Gasteiger partial charge in [-0.05, 0) is 59.7 Å². The summed E-state index contributed by atoms with van der Waals surface area (Å²) in [5.74, 6) is -2.96. The average Bonchev–Trinajstić information content (AvgIpc) is 3.34. The zero-order chi connectivity index (χ0) is 29.2. The average molecular weight is 573 g/mol. The standard InChI is InChI=1S/C22H24N4.2C2HF3O2/c1-2-16(8-21-15(1)3-4-24-21)17-7-20(10-23-9-17)25-22-18-5-14-6-19(22)13-26(11-14)12-18;2*3-2(4,5)1(6)7/h1-4,7-10,14,18-19,22,24-25H,5-6,11-13H2;2*(H,6,7). The van der Waals surface area contributed by atoms with Crippen LogP contribution in [0.5, 0.6) is 0 Å². The number of carbonyl (C=O) groups is 2. The van der Waals surface area contributed by atoms with E-state index in [4.69, 9.17) is 19.8 Å². The summed E-state index contributed by atoms with van der Waals surface area (Å²) in [7, 11) is 0. The van der Waals surface area contributed by atoms with Gasteiger partial charge < -0.3 is 25.4 Å². The molecule has 3 saturated heterocycles. The normalized spacial score (nSPS) is 24.9. The number of carboxylic acids is 2. The molecule has 1 aromatic carbocycles. The molecule has 14 heteroatoms. The van der Waals surface area contributed by atoms with Crippen LogP contribution in [0.4, 0.5) is 32.0 Å². The molecule has 4 aliphatic rings. The number of aromatic amines is 1. The van der Waals surface area contributed by atoms with Crippen molar-refractivity contribution in [1.29, 1.82) is 0 Å². The molecule has 2 aromatic heterocycles. The zero-order valence-electron chi connectivity index (χ0n) is 20.8. The number of halogens is 6. The number of H-pyrrole nitrogens is 1. The number of hydrogen-bond donors (Lipinski definition) is 4. The van der Waals surface area contributed by atoms with E-state index in [9.17, 15) is 26.3 Å². The predicted molar refractivity (Wildman–Crippen MR) is 132 cm³/mol. The van der Waals surface area contributed by atoms with Gasteiger partial charge in [-0.2, -0.15) is 26.3 Å². The van der Waals surface area contributed by atoms with Gasteiger partial charge in [0, 0.05) is 55.3 Å². The Morgan fingerprint density at radius 2 is 1.48 bits per heavy atom. The summed E-state index contributed by atoms with van der Waals surface area (Å²) >= 11 is 0. The molecule has 0 spiro atoms. The molecule has 0 amide bonds. The molecule has 2 unspecified atom stereocenters. The van der Waals surface area contributed by atoms with E-state index >= 15 is 0 Å². The molecule has 216 valence electrons. The SMILES string of the molecule is O=C(O)C(F)(F)F.O=C(O)C(F)(F)F.c1cc2ccc(-c3cncc(NC4C5CC6CC4CN(C6)C5)c3)cc2[nH]1. The van der Waals surface area contributed by atoms with Gasteiger partial charge in [0.25, 0.3) is 0 Å². The molecule has 2 atom stereocenters. The van der Waals surface area contributed by atoms with Crippen LogP contribution in [0.1, 0.15) is 12.8 Å². The van der Waals surface area contributed by atoms with Crippen molar-refractivity contribution >= 4 is 28.5 Å². The second-order valence-electron chi connectivity index (χ2n) is 10.1. The number of piperidine rings is 3. The van der Waals surface area contributed by atoms with Crippen molar-refractivity contribution in [2.45, 2.75) is 31.2 Å². The summed E-state index contributed by atoms with van der Waals surface area (Å²) in [5.41, 5.74) is 4.74. The Hall–Kier alpha value is -3.81. The lowest BCUT2D eigenvalue weighted by Gasteiger charge is -2.56. The van der Waals surface area contributed by atoms with Crippen molar-refractivity contribution in [2.24, 2.45) is 17.8 Å². The summed E-state index contributed by atoms with van der Waals surface area (Å²) in [4.78, 5) is 28.3. The van der Waals surface area contributed by atoms with Crippen LogP contribution in [0.3, 0.4) is 0 Å². The Bertz CT molecular complexity index is 1300. The minimum absolute atomic E-state index is 0.616. The third kappa shape index (κ3) is 7.03. The van der Waals surface area contributed by atoms with Gasteiger partial charge in [0.15, 0.2) is 0 Å². The van der Waals surface area contributed by atoms with E-state index in [0.29, 0.717) is 6.04 Å². The Kier molecular flexibility index (Phi) is 8.28. The first-order valence-corrected chi connectivity index (χ1v) is 12.3. The van der Waals surface area contributed by atoms with Gasteiger partial charge in [-0.15, -0.1) is 0 Å². The number of aromatic nitrogens is 2. The lowest BCUT2D eigenvalue weighted by Crippen LogP contribution is -2.62. The van der Waals surface area contributed by atoms with E-state index in [1.54, 1.807) is 0 Å². The molecule has 4 bridgehead atoms. The van der Waals surface area contributed by atoms with Crippen molar-refractivity contribution in [3.8, 4) is 11.1 Å². The van der Waals surface area contributed by atoms with Gasteiger partial charge in [0.2, 0.25) is 0 Å². The number of nitrogens with zero attached hydrogens (tertiary/aromatic N) is 2. The summed E-state index contributed by atoms with van der Waals surface area (Å²) in [6.45, 7) is 3.90. The lowest BCUT2D eigenvalue weighted by molar-refractivity contribution is -0.193. The molecule has 1 saturated carbocycles. The van der Waals surface area contributed by atoms with Gasteiger partial charge in [-0.25, -0.2) is 9.59 Å². The monoisotopic (exact) mass is 572 g/mol. The first-order chi connectivity index (χ1) is 18.7. The molecule has 7 rings (SSSR count). The molecule has 8 nitrogen and oxygen atoms in total. The van der Waals surface area contributed by atoms with E-state index in [2.05, 4.69) is 50.5 Å². The summed E-state index contributed by atoms with van der Waals surface area (Å²) < 4.78 is 63.5. The summed E-state index contributed by atoms with van der Waals surface area (Å²) in [6.07, 6.45) is -1.41. The molecular formula is C26H26F6N4O4. The molecule has 5 heterocycles. The van der Waals surface area contributed by atoms with Gasteiger partial charge in [0.05, 0.1) is 5.69 Å². The van der Waals surface area contributed by atoms with Crippen LogP contribution in [-0.4, -0.2) is 75.0 Å². The minimum Gasteiger partial charge on any atom is -0.475 e. The molecule has 4 fully saturated rings. The highest BCUT2D eigenvalue weighted by molar-refractivity contribution is 5.85. The number of alkyl halides is 6. The molecule has 4 N–H and O–H groups in total. The fourth-order valence-corrected chi connectivity index (χ4v) is 5.74. The van der Waals surface area contributed by atoms with E-state index in [1.807, 2.05) is 18.6 Å². The number of benzene rings is 1. The van der Waals surface area contributed by atoms with Crippen LogP contribution in [0, 0.1) is 17.8 Å². The van der Waals surface area contributed by atoms with Gasteiger partial charge >= 0.3 is 24.3 Å². The Morgan fingerprint density at radius 3 is 2.02 bits per heavy atom. The second kappa shape index (κ2) is 11.4. The van der Waals surface area contributed by atoms with Crippen LogP contribution in [0.2, 0.25) is 0 Å². The van der Waals surface area contributed by atoms with Crippen LogP contribution < -0.4 is 5.32 Å².